The third-order valence-corrected chi connectivity index (χ3v) is 2.22. The van der Waals surface area contributed by atoms with Crippen LogP contribution in [0.3, 0.4) is 0 Å². The molecule has 0 aliphatic carbocycles. The highest BCUT2D eigenvalue weighted by Gasteiger charge is 2.07. The molecule has 1 N–H and O–H groups in total. The lowest BCUT2D eigenvalue weighted by atomic mass is 10.2. The zero-order chi connectivity index (χ0) is 12.6. The van der Waals surface area contributed by atoms with E-state index in [0.717, 1.165) is 31.6 Å². The molecule has 0 aromatic carbocycles. The topological polar surface area (TPSA) is 43.8 Å². The molecule has 0 radical (unpaired) electrons. The van der Waals surface area contributed by atoms with E-state index in [0.29, 0.717) is 6.54 Å². The highest BCUT2D eigenvalue weighted by molar-refractivity contribution is 5.66. The van der Waals surface area contributed by atoms with Gasteiger partial charge in [-0.25, -0.2) is 0 Å². The molecule has 16 heavy (non-hydrogen) atoms. The zero-order valence-corrected chi connectivity index (χ0v) is 10.7. The number of hydrogen-bond donors (Lipinski definition) is 1. The van der Waals surface area contributed by atoms with Crippen LogP contribution in [-0.2, 0) is 4.79 Å². The predicted molar refractivity (Wildman–Crippen MR) is 66.7 cm³/mol. The van der Waals surface area contributed by atoms with Gasteiger partial charge in [-0.2, -0.15) is 0 Å². The minimum atomic E-state index is -0.737. The Morgan fingerprint density at radius 3 is 2.31 bits per heavy atom. The van der Waals surface area contributed by atoms with Crippen molar-refractivity contribution in [2.45, 2.75) is 19.8 Å². The van der Waals surface area contributed by atoms with Crippen molar-refractivity contribution in [3.63, 3.8) is 0 Å². The summed E-state index contributed by atoms with van der Waals surface area (Å²) in [5, 5.41) is 8.65. The summed E-state index contributed by atoms with van der Waals surface area (Å²) >= 11 is 0. The van der Waals surface area contributed by atoms with Gasteiger partial charge in [0, 0.05) is 13.1 Å². The number of carboxylic acid groups (broad SMARTS) is 1. The lowest BCUT2D eigenvalue weighted by Gasteiger charge is -2.22. The summed E-state index contributed by atoms with van der Waals surface area (Å²) in [7, 11) is 4.08. The van der Waals surface area contributed by atoms with Crippen LogP contribution in [0.1, 0.15) is 19.8 Å². The van der Waals surface area contributed by atoms with E-state index >= 15 is 0 Å². The van der Waals surface area contributed by atoms with Gasteiger partial charge in [-0.1, -0.05) is 12.2 Å². The summed E-state index contributed by atoms with van der Waals surface area (Å²) in [5.74, 6) is -0.737. The van der Waals surface area contributed by atoms with Gasteiger partial charge in [0.05, 0.1) is 6.42 Å². The summed E-state index contributed by atoms with van der Waals surface area (Å²) in [5.41, 5.74) is 1.08. The predicted octanol–water partition coefficient (Wildman–Crippen LogP) is 1.29. The van der Waals surface area contributed by atoms with Gasteiger partial charge in [0.2, 0.25) is 0 Å². The second-order valence-electron chi connectivity index (χ2n) is 4.53. The molecule has 0 aromatic rings. The highest BCUT2D eigenvalue weighted by Crippen LogP contribution is 2.00. The van der Waals surface area contributed by atoms with Crippen molar-refractivity contribution in [1.29, 1.82) is 0 Å². The third-order valence-electron chi connectivity index (χ3n) is 2.22. The maximum absolute atomic E-state index is 10.5. The molecule has 94 valence electrons. The number of carboxylic acids is 1. The maximum Gasteiger partial charge on any atom is 0.304 e. The Morgan fingerprint density at radius 2 is 1.88 bits per heavy atom. The molecule has 0 amide bonds. The molecule has 4 heteroatoms. The minimum Gasteiger partial charge on any atom is -0.481 e. The van der Waals surface area contributed by atoms with Gasteiger partial charge in [-0.05, 0) is 40.5 Å². The normalized spacial score (nSPS) is 11.1. The third kappa shape index (κ3) is 9.68. The smallest absolute Gasteiger partial charge is 0.304 e. The molecule has 0 unspecified atom stereocenters. The molecular weight excluding hydrogens is 204 g/mol. The Kier molecular flexibility index (Phi) is 7.85. The van der Waals surface area contributed by atoms with Crippen LogP contribution in [-0.4, -0.2) is 61.2 Å². The fourth-order valence-electron chi connectivity index (χ4n) is 1.52. The summed E-state index contributed by atoms with van der Waals surface area (Å²) in [6, 6.07) is 0. The van der Waals surface area contributed by atoms with Gasteiger partial charge in [-0.3, -0.25) is 9.69 Å². The Bertz CT molecular complexity index is 227. The monoisotopic (exact) mass is 228 g/mol. The minimum absolute atomic E-state index is 0.204. The van der Waals surface area contributed by atoms with Crippen LogP contribution in [0.2, 0.25) is 0 Å². The van der Waals surface area contributed by atoms with Crippen LogP contribution in [0.15, 0.2) is 12.2 Å². The van der Waals surface area contributed by atoms with E-state index in [-0.39, 0.29) is 6.42 Å². The molecule has 0 bridgehead atoms. The fourth-order valence-corrected chi connectivity index (χ4v) is 1.52. The standard InChI is InChI=1S/C12H24N2O2/c1-11(2)10-14(9-6-12(15)16)8-5-7-13(3)4/h1,5-10H2,2-4H3,(H,15,16). The van der Waals surface area contributed by atoms with Gasteiger partial charge in [0.25, 0.3) is 0 Å². The van der Waals surface area contributed by atoms with Crippen molar-refractivity contribution in [3.05, 3.63) is 12.2 Å². The second kappa shape index (κ2) is 8.30. The van der Waals surface area contributed by atoms with Crippen LogP contribution < -0.4 is 0 Å². The van der Waals surface area contributed by atoms with Gasteiger partial charge in [0.15, 0.2) is 0 Å². The van der Waals surface area contributed by atoms with Gasteiger partial charge >= 0.3 is 5.97 Å². The van der Waals surface area contributed by atoms with Crippen LogP contribution in [0, 0.1) is 0 Å². The molecule has 4 nitrogen and oxygen atoms in total. The second-order valence-corrected chi connectivity index (χ2v) is 4.53. The average molecular weight is 228 g/mol. The SMILES string of the molecule is C=C(C)CN(CCCN(C)C)CCC(=O)O. The quantitative estimate of drug-likeness (QED) is 0.604. The van der Waals surface area contributed by atoms with Gasteiger partial charge < -0.3 is 10.0 Å². The molecule has 0 fully saturated rings. The molecule has 0 atom stereocenters. The maximum atomic E-state index is 10.5. The van der Waals surface area contributed by atoms with Crippen LogP contribution >= 0.6 is 0 Å². The Balaban J connectivity index is 3.89. The lowest BCUT2D eigenvalue weighted by molar-refractivity contribution is -0.137. The Morgan fingerprint density at radius 1 is 1.25 bits per heavy atom. The summed E-state index contributed by atoms with van der Waals surface area (Å²) < 4.78 is 0. The number of hydrogen-bond acceptors (Lipinski definition) is 3. The van der Waals surface area contributed by atoms with Crippen molar-refractivity contribution in [2.24, 2.45) is 0 Å². The number of aliphatic carboxylic acids is 1. The zero-order valence-electron chi connectivity index (χ0n) is 10.7. The summed E-state index contributed by atoms with van der Waals surface area (Å²) in [4.78, 5) is 14.8. The average Bonchev–Trinajstić information content (AvgIpc) is 2.12. The largest absolute Gasteiger partial charge is 0.481 e. The number of nitrogens with zero attached hydrogens (tertiary/aromatic N) is 2. The lowest BCUT2D eigenvalue weighted by Crippen LogP contribution is -2.30. The number of rotatable bonds is 9. The molecular formula is C12H24N2O2. The van der Waals surface area contributed by atoms with E-state index < -0.39 is 5.97 Å². The first kappa shape index (κ1) is 15.1. The van der Waals surface area contributed by atoms with E-state index in [9.17, 15) is 4.79 Å². The van der Waals surface area contributed by atoms with Crippen molar-refractivity contribution >= 4 is 5.97 Å². The van der Waals surface area contributed by atoms with E-state index in [1.165, 1.54) is 0 Å². The molecule has 0 saturated heterocycles. The van der Waals surface area contributed by atoms with E-state index in [2.05, 4.69) is 16.4 Å². The van der Waals surface area contributed by atoms with Crippen LogP contribution in [0.4, 0.5) is 0 Å². The van der Waals surface area contributed by atoms with Gasteiger partial charge in [0.1, 0.15) is 0 Å². The summed E-state index contributed by atoms with van der Waals surface area (Å²) in [6.07, 6.45) is 1.26. The molecule has 0 rings (SSSR count). The van der Waals surface area contributed by atoms with Crippen molar-refractivity contribution < 1.29 is 9.90 Å². The first-order valence-corrected chi connectivity index (χ1v) is 5.65. The van der Waals surface area contributed by atoms with Crippen molar-refractivity contribution in [3.8, 4) is 0 Å². The first-order chi connectivity index (χ1) is 7.41. The molecule has 0 heterocycles. The van der Waals surface area contributed by atoms with E-state index in [1.54, 1.807) is 0 Å². The first-order valence-electron chi connectivity index (χ1n) is 5.65. The van der Waals surface area contributed by atoms with Crippen molar-refractivity contribution in [1.82, 2.24) is 9.80 Å². The van der Waals surface area contributed by atoms with E-state index in [1.807, 2.05) is 21.0 Å². The van der Waals surface area contributed by atoms with E-state index in [4.69, 9.17) is 5.11 Å². The number of carbonyl (C=O) groups is 1. The van der Waals surface area contributed by atoms with Gasteiger partial charge in [-0.15, -0.1) is 0 Å². The highest BCUT2D eigenvalue weighted by atomic mass is 16.4. The van der Waals surface area contributed by atoms with Crippen molar-refractivity contribution in [2.75, 3.05) is 40.3 Å². The molecule has 0 saturated carbocycles. The fraction of sp³-hybridized carbons (Fsp3) is 0.750. The Hall–Kier alpha value is -0.870. The molecule has 0 aliphatic rings. The van der Waals surface area contributed by atoms with Crippen LogP contribution in [0.25, 0.3) is 0 Å². The molecule has 0 spiro atoms. The van der Waals surface area contributed by atoms with Crippen LogP contribution in [0.5, 0.6) is 0 Å². The molecule has 0 aromatic heterocycles. The Labute approximate surface area is 98.5 Å². The summed E-state index contributed by atoms with van der Waals surface area (Å²) in [6.45, 7) is 9.19. The molecule has 0 aliphatic heterocycles.